The molecule has 0 aliphatic rings. The number of benzene rings is 1. The maximum Gasteiger partial charge on any atom is 0.0991 e. The molecule has 1 heterocycles. The molecule has 0 aliphatic carbocycles. The van der Waals surface area contributed by atoms with Crippen LogP contribution in [0.2, 0.25) is 0 Å². The first kappa shape index (κ1) is 14.1. The third-order valence-electron chi connectivity index (χ3n) is 3.15. The molecule has 20 heavy (non-hydrogen) atoms. The van der Waals surface area contributed by atoms with Crippen molar-refractivity contribution in [3.63, 3.8) is 0 Å². The highest BCUT2D eigenvalue weighted by Gasteiger charge is 2.10. The first-order chi connectivity index (χ1) is 9.63. The molecule has 2 N–H and O–H groups in total. The average Bonchev–Trinajstić information content (AvgIpc) is 2.85. The van der Waals surface area contributed by atoms with E-state index in [9.17, 15) is 5.11 Å². The van der Waals surface area contributed by atoms with Crippen LogP contribution in [0.3, 0.4) is 0 Å². The number of hydrogen-bond acceptors (Lipinski definition) is 4. The zero-order valence-electron chi connectivity index (χ0n) is 11.7. The van der Waals surface area contributed by atoms with Gasteiger partial charge < -0.3 is 10.4 Å². The van der Waals surface area contributed by atoms with Crippen LogP contribution in [-0.4, -0.2) is 21.4 Å². The molecule has 0 aliphatic heterocycles. The fraction of sp³-hybridized carbons (Fsp3) is 0.333. The first-order valence-electron chi connectivity index (χ1n) is 6.58. The number of nitrogens with zero attached hydrogens (tertiary/aromatic N) is 3. The fourth-order valence-electron chi connectivity index (χ4n) is 2.05. The Kier molecular flexibility index (Phi) is 4.38. The summed E-state index contributed by atoms with van der Waals surface area (Å²) in [6.07, 6.45) is 2.13. The minimum absolute atomic E-state index is 0.407. The highest BCUT2D eigenvalue weighted by molar-refractivity contribution is 5.46. The van der Waals surface area contributed by atoms with Crippen molar-refractivity contribution in [2.45, 2.75) is 19.4 Å². The largest absolute Gasteiger partial charge is 0.387 e. The SMILES string of the molecule is CCc1nn(C)cc1NCC(O)c1ccc(C#N)cc1. The molecule has 0 spiro atoms. The van der Waals surface area contributed by atoms with E-state index in [0.29, 0.717) is 12.1 Å². The molecule has 104 valence electrons. The molecule has 0 saturated carbocycles. The van der Waals surface area contributed by atoms with E-state index in [-0.39, 0.29) is 0 Å². The van der Waals surface area contributed by atoms with Crippen LogP contribution in [0.5, 0.6) is 0 Å². The maximum atomic E-state index is 10.1. The molecule has 2 aromatic rings. The molecule has 1 atom stereocenters. The maximum absolute atomic E-state index is 10.1. The standard InChI is InChI=1S/C15H18N4O/c1-3-13-14(10-19(2)18-13)17-9-15(20)12-6-4-11(8-16)5-7-12/h4-7,10,15,17,20H,3,9H2,1-2H3. The fourth-order valence-corrected chi connectivity index (χ4v) is 2.05. The van der Waals surface area contributed by atoms with Gasteiger partial charge >= 0.3 is 0 Å². The van der Waals surface area contributed by atoms with Gasteiger partial charge in [-0.1, -0.05) is 19.1 Å². The molecular formula is C15H18N4O. The highest BCUT2D eigenvalue weighted by Crippen LogP contribution is 2.18. The minimum Gasteiger partial charge on any atom is -0.387 e. The summed E-state index contributed by atoms with van der Waals surface area (Å²) >= 11 is 0. The first-order valence-corrected chi connectivity index (χ1v) is 6.58. The van der Waals surface area contributed by atoms with Crippen molar-refractivity contribution in [2.24, 2.45) is 7.05 Å². The van der Waals surface area contributed by atoms with Gasteiger partial charge in [-0.2, -0.15) is 10.4 Å². The zero-order valence-corrected chi connectivity index (χ0v) is 11.7. The number of hydrogen-bond donors (Lipinski definition) is 2. The van der Waals surface area contributed by atoms with E-state index in [4.69, 9.17) is 5.26 Å². The Balaban J connectivity index is 2.00. The third-order valence-corrected chi connectivity index (χ3v) is 3.15. The van der Waals surface area contributed by atoms with Gasteiger partial charge in [0.2, 0.25) is 0 Å². The van der Waals surface area contributed by atoms with Crippen LogP contribution in [0.15, 0.2) is 30.5 Å². The van der Waals surface area contributed by atoms with Crippen molar-refractivity contribution in [3.05, 3.63) is 47.3 Å². The molecule has 1 unspecified atom stereocenters. The molecule has 0 saturated heterocycles. The Morgan fingerprint density at radius 3 is 2.70 bits per heavy atom. The number of aromatic nitrogens is 2. The molecule has 0 fully saturated rings. The average molecular weight is 270 g/mol. The van der Waals surface area contributed by atoms with Crippen LogP contribution >= 0.6 is 0 Å². The molecule has 0 radical (unpaired) electrons. The van der Waals surface area contributed by atoms with Crippen molar-refractivity contribution in [3.8, 4) is 6.07 Å². The molecule has 5 heteroatoms. The molecule has 5 nitrogen and oxygen atoms in total. The van der Waals surface area contributed by atoms with Crippen LogP contribution < -0.4 is 5.32 Å². The Bertz CT molecular complexity index is 610. The quantitative estimate of drug-likeness (QED) is 0.871. The topological polar surface area (TPSA) is 73.9 Å². The van der Waals surface area contributed by atoms with Gasteiger partial charge in [0.25, 0.3) is 0 Å². The van der Waals surface area contributed by atoms with Crippen LogP contribution in [-0.2, 0) is 13.5 Å². The van der Waals surface area contributed by atoms with Crippen LogP contribution in [0.25, 0.3) is 0 Å². The smallest absolute Gasteiger partial charge is 0.0991 e. The van der Waals surface area contributed by atoms with E-state index in [0.717, 1.165) is 23.4 Å². The summed E-state index contributed by atoms with van der Waals surface area (Å²) in [5.74, 6) is 0. The predicted octanol–water partition coefficient (Wildman–Crippen LogP) is 2.00. The summed E-state index contributed by atoms with van der Waals surface area (Å²) in [6.45, 7) is 2.45. The Hall–Kier alpha value is -2.32. The number of aryl methyl sites for hydroxylation is 2. The van der Waals surface area contributed by atoms with Crippen molar-refractivity contribution in [1.82, 2.24) is 9.78 Å². The molecular weight excluding hydrogens is 252 g/mol. The van der Waals surface area contributed by atoms with Gasteiger partial charge in [0.15, 0.2) is 0 Å². The Morgan fingerprint density at radius 1 is 1.40 bits per heavy atom. The summed E-state index contributed by atoms with van der Waals surface area (Å²) in [7, 11) is 1.88. The van der Waals surface area contributed by atoms with E-state index in [1.807, 2.05) is 20.2 Å². The normalized spacial score (nSPS) is 11.9. The summed E-state index contributed by atoms with van der Waals surface area (Å²) < 4.78 is 1.76. The second-order valence-corrected chi connectivity index (χ2v) is 4.65. The number of aliphatic hydroxyl groups is 1. The number of nitrogens with one attached hydrogen (secondary N) is 1. The van der Waals surface area contributed by atoms with E-state index in [2.05, 4.69) is 16.5 Å². The molecule has 0 bridgehead atoms. The molecule has 0 amide bonds. The summed E-state index contributed by atoms with van der Waals surface area (Å²) in [4.78, 5) is 0. The van der Waals surface area contributed by atoms with E-state index in [1.54, 1.807) is 28.9 Å². The number of anilines is 1. The van der Waals surface area contributed by atoms with Crippen LogP contribution in [0, 0.1) is 11.3 Å². The van der Waals surface area contributed by atoms with E-state index in [1.165, 1.54) is 0 Å². The van der Waals surface area contributed by atoms with Gasteiger partial charge in [-0.25, -0.2) is 0 Å². The van der Waals surface area contributed by atoms with E-state index >= 15 is 0 Å². The summed E-state index contributed by atoms with van der Waals surface area (Å²) in [5, 5.41) is 26.4. The van der Waals surface area contributed by atoms with Crippen molar-refractivity contribution in [2.75, 3.05) is 11.9 Å². The number of nitriles is 1. The highest BCUT2D eigenvalue weighted by atomic mass is 16.3. The van der Waals surface area contributed by atoms with Gasteiger partial charge in [-0.3, -0.25) is 4.68 Å². The molecule has 2 rings (SSSR count). The lowest BCUT2D eigenvalue weighted by Gasteiger charge is -2.12. The van der Waals surface area contributed by atoms with Crippen molar-refractivity contribution >= 4 is 5.69 Å². The monoisotopic (exact) mass is 270 g/mol. The lowest BCUT2D eigenvalue weighted by molar-refractivity contribution is 0.191. The number of aliphatic hydroxyl groups excluding tert-OH is 1. The van der Waals surface area contributed by atoms with Gasteiger partial charge in [-0.15, -0.1) is 0 Å². The lowest BCUT2D eigenvalue weighted by Crippen LogP contribution is -2.12. The van der Waals surface area contributed by atoms with Gasteiger partial charge in [0.05, 0.1) is 29.1 Å². The van der Waals surface area contributed by atoms with E-state index < -0.39 is 6.10 Å². The van der Waals surface area contributed by atoms with Crippen molar-refractivity contribution < 1.29 is 5.11 Å². The van der Waals surface area contributed by atoms with Crippen LogP contribution in [0.4, 0.5) is 5.69 Å². The van der Waals surface area contributed by atoms with Crippen molar-refractivity contribution in [1.29, 1.82) is 5.26 Å². The molecule has 1 aromatic heterocycles. The zero-order chi connectivity index (χ0) is 14.5. The second kappa shape index (κ2) is 6.22. The third kappa shape index (κ3) is 3.16. The second-order valence-electron chi connectivity index (χ2n) is 4.65. The van der Waals surface area contributed by atoms with Gasteiger partial charge in [-0.05, 0) is 24.1 Å². The number of rotatable bonds is 5. The Morgan fingerprint density at radius 2 is 2.10 bits per heavy atom. The minimum atomic E-state index is -0.618. The van der Waals surface area contributed by atoms with Gasteiger partial charge in [0.1, 0.15) is 0 Å². The summed E-state index contributed by atoms with van der Waals surface area (Å²) in [5.41, 5.74) is 3.31. The predicted molar refractivity (Wildman–Crippen MR) is 77.2 cm³/mol. The van der Waals surface area contributed by atoms with Crippen LogP contribution in [0.1, 0.15) is 29.8 Å². The summed E-state index contributed by atoms with van der Waals surface area (Å²) in [6, 6.07) is 9.02. The lowest BCUT2D eigenvalue weighted by atomic mass is 10.1. The van der Waals surface area contributed by atoms with Gasteiger partial charge in [0, 0.05) is 19.8 Å². The molecule has 1 aromatic carbocycles. The Labute approximate surface area is 118 Å².